The van der Waals surface area contributed by atoms with Crippen molar-refractivity contribution in [2.75, 3.05) is 0 Å². The molecule has 0 aliphatic carbocycles. The van der Waals surface area contributed by atoms with Crippen LogP contribution in [0.15, 0.2) is 36.5 Å². The Hall–Kier alpha value is -2.27. The van der Waals surface area contributed by atoms with E-state index in [1.165, 1.54) is 11.3 Å². The third kappa shape index (κ3) is 2.52. The molecule has 2 heterocycles. The number of fused-ring (bicyclic) bond motifs is 1. The number of nitrogens with zero attached hydrogens (tertiary/aromatic N) is 2. The molecule has 0 aliphatic rings. The SMILES string of the molecule is CCCc1nc(-c2cccc3cccnc23)sc1C(=O)O. The lowest BCUT2D eigenvalue weighted by Crippen LogP contribution is -1.98. The number of hydrogen-bond acceptors (Lipinski definition) is 4. The molecule has 5 heteroatoms. The minimum atomic E-state index is -0.907. The summed E-state index contributed by atoms with van der Waals surface area (Å²) in [4.78, 5) is 20.6. The highest BCUT2D eigenvalue weighted by Crippen LogP contribution is 2.32. The van der Waals surface area contributed by atoms with Crippen molar-refractivity contribution in [3.63, 3.8) is 0 Å². The quantitative estimate of drug-likeness (QED) is 0.790. The highest BCUT2D eigenvalue weighted by Gasteiger charge is 2.18. The van der Waals surface area contributed by atoms with Crippen LogP contribution in [0.5, 0.6) is 0 Å². The number of para-hydroxylation sites is 1. The predicted octanol–water partition coefficient (Wildman–Crippen LogP) is 4.01. The number of thiazole rings is 1. The first kappa shape index (κ1) is 13.7. The average molecular weight is 298 g/mol. The van der Waals surface area contributed by atoms with E-state index in [0.29, 0.717) is 17.0 Å². The van der Waals surface area contributed by atoms with Crippen LogP contribution in [-0.2, 0) is 6.42 Å². The van der Waals surface area contributed by atoms with E-state index in [2.05, 4.69) is 9.97 Å². The minimum absolute atomic E-state index is 0.333. The zero-order chi connectivity index (χ0) is 14.8. The number of carbonyl (C=O) groups is 1. The standard InChI is InChI=1S/C16H14N2O2S/c1-2-5-12-14(16(19)20)21-15(18-12)11-8-3-6-10-7-4-9-17-13(10)11/h3-4,6-9H,2,5H2,1H3,(H,19,20). The van der Waals surface area contributed by atoms with Gasteiger partial charge in [0.2, 0.25) is 0 Å². The van der Waals surface area contributed by atoms with Gasteiger partial charge in [0.25, 0.3) is 0 Å². The summed E-state index contributed by atoms with van der Waals surface area (Å²) in [5, 5.41) is 11.1. The number of carboxylic acids is 1. The summed E-state index contributed by atoms with van der Waals surface area (Å²) in [5.41, 5.74) is 2.41. The Balaban J connectivity index is 2.19. The molecule has 0 saturated carbocycles. The van der Waals surface area contributed by atoms with Gasteiger partial charge in [-0.2, -0.15) is 0 Å². The van der Waals surface area contributed by atoms with Gasteiger partial charge in [0.05, 0.1) is 11.2 Å². The van der Waals surface area contributed by atoms with Gasteiger partial charge in [0, 0.05) is 17.1 Å². The van der Waals surface area contributed by atoms with Crippen LogP contribution in [0.3, 0.4) is 0 Å². The van der Waals surface area contributed by atoms with Crippen LogP contribution in [0.1, 0.15) is 28.7 Å². The maximum absolute atomic E-state index is 11.4. The van der Waals surface area contributed by atoms with Gasteiger partial charge in [-0.1, -0.05) is 31.5 Å². The number of carboxylic acid groups (broad SMARTS) is 1. The Morgan fingerprint density at radius 3 is 2.86 bits per heavy atom. The molecule has 0 fully saturated rings. The van der Waals surface area contributed by atoms with Crippen LogP contribution in [0, 0.1) is 0 Å². The molecule has 1 aromatic carbocycles. The Morgan fingerprint density at radius 2 is 2.10 bits per heavy atom. The van der Waals surface area contributed by atoms with E-state index in [1.807, 2.05) is 37.3 Å². The zero-order valence-corrected chi connectivity index (χ0v) is 12.4. The Bertz CT molecular complexity index is 806. The maximum atomic E-state index is 11.4. The van der Waals surface area contributed by atoms with Crippen LogP contribution in [-0.4, -0.2) is 21.0 Å². The van der Waals surface area contributed by atoms with Crippen molar-refractivity contribution in [2.45, 2.75) is 19.8 Å². The fourth-order valence-corrected chi connectivity index (χ4v) is 3.29. The van der Waals surface area contributed by atoms with Crippen molar-refractivity contribution >= 4 is 28.2 Å². The molecule has 3 aromatic rings. The van der Waals surface area contributed by atoms with Crippen molar-refractivity contribution < 1.29 is 9.90 Å². The molecule has 21 heavy (non-hydrogen) atoms. The summed E-state index contributed by atoms with van der Waals surface area (Å²) in [6.45, 7) is 2.02. The van der Waals surface area contributed by atoms with E-state index in [0.717, 1.165) is 27.9 Å². The Labute approximate surface area is 126 Å². The lowest BCUT2D eigenvalue weighted by atomic mass is 10.1. The fraction of sp³-hybridized carbons (Fsp3) is 0.188. The molecule has 0 unspecified atom stereocenters. The summed E-state index contributed by atoms with van der Waals surface area (Å²) < 4.78 is 0. The molecule has 2 aromatic heterocycles. The van der Waals surface area contributed by atoms with E-state index in [4.69, 9.17) is 0 Å². The highest BCUT2D eigenvalue weighted by atomic mass is 32.1. The van der Waals surface area contributed by atoms with Crippen molar-refractivity contribution in [1.82, 2.24) is 9.97 Å². The predicted molar refractivity (Wildman–Crippen MR) is 83.8 cm³/mol. The van der Waals surface area contributed by atoms with Crippen molar-refractivity contribution in [1.29, 1.82) is 0 Å². The van der Waals surface area contributed by atoms with Crippen molar-refractivity contribution in [3.05, 3.63) is 47.1 Å². The smallest absolute Gasteiger partial charge is 0.347 e. The van der Waals surface area contributed by atoms with Gasteiger partial charge < -0.3 is 5.11 Å². The first-order valence-corrected chi connectivity index (χ1v) is 7.59. The van der Waals surface area contributed by atoms with Crippen LogP contribution in [0.25, 0.3) is 21.5 Å². The van der Waals surface area contributed by atoms with Gasteiger partial charge in [0.15, 0.2) is 0 Å². The monoisotopic (exact) mass is 298 g/mol. The molecule has 0 saturated heterocycles. The largest absolute Gasteiger partial charge is 0.477 e. The number of rotatable bonds is 4. The summed E-state index contributed by atoms with van der Waals surface area (Å²) in [7, 11) is 0. The van der Waals surface area contributed by atoms with Crippen LogP contribution in [0.2, 0.25) is 0 Å². The molecule has 0 atom stereocenters. The van der Waals surface area contributed by atoms with Crippen molar-refractivity contribution in [2.24, 2.45) is 0 Å². The topological polar surface area (TPSA) is 63.1 Å². The normalized spacial score (nSPS) is 10.9. The molecular weight excluding hydrogens is 284 g/mol. The first-order valence-electron chi connectivity index (χ1n) is 6.78. The van der Waals surface area contributed by atoms with E-state index in [-0.39, 0.29) is 0 Å². The second kappa shape index (κ2) is 5.61. The molecule has 0 spiro atoms. The van der Waals surface area contributed by atoms with Crippen LogP contribution >= 0.6 is 11.3 Å². The summed E-state index contributed by atoms with van der Waals surface area (Å²) in [6, 6.07) is 9.75. The van der Waals surface area contributed by atoms with Crippen LogP contribution < -0.4 is 0 Å². The molecule has 3 rings (SSSR count). The number of aromatic carboxylic acids is 1. The van der Waals surface area contributed by atoms with Gasteiger partial charge in [-0.3, -0.25) is 4.98 Å². The maximum Gasteiger partial charge on any atom is 0.347 e. The van der Waals surface area contributed by atoms with Gasteiger partial charge in [-0.25, -0.2) is 9.78 Å². The van der Waals surface area contributed by atoms with Gasteiger partial charge in [0.1, 0.15) is 9.88 Å². The second-order valence-electron chi connectivity index (χ2n) is 4.73. The average Bonchev–Trinajstić information content (AvgIpc) is 2.91. The molecular formula is C16H14N2O2S. The van der Waals surface area contributed by atoms with E-state index in [1.54, 1.807) is 6.20 Å². The molecule has 1 N–H and O–H groups in total. The third-order valence-corrected chi connectivity index (χ3v) is 4.36. The third-order valence-electron chi connectivity index (χ3n) is 3.24. The molecule has 0 radical (unpaired) electrons. The fourth-order valence-electron chi connectivity index (χ4n) is 2.32. The number of benzene rings is 1. The number of aryl methyl sites for hydroxylation is 1. The molecule has 106 valence electrons. The Kier molecular flexibility index (Phi) is 3.66. The molecule has 0 amide bonds. The highest BCUT2D eigenvalue weighted by molar-refractivity contribution is 7.17. The number of aromatic nitrogens is 2. The van der Waals surface area contributed by atoms with Crippen molar-refractivity contribution in [3.8, 4) is 10.6 Å². The number of pyridine rings is 1. The lowest BCUT2D eigenvalue weighted by molar-refractivity contribution is 0.0700. The molecule has 0 bridgehead atoms. The van der Waals surface area contributed by atoms with E-state index >= 15 is 0 Å². The lowest BCUT2D eigenvalue weighted by Gasteiger charge is -2.01. The first-order chi connectivity index (χ1) is 10.2. The van der Waals surface area contributed by atoms with Gasteiger partial charge in [-0.15, -0.1) is 11.3 Å². The molecule has 0 aliphatic heterocycles. The Morgan fingerprint density at radius 1 is 1.29 bits per heavy atom. The zero-order valence-electron chi connectivity index (χ0n) is 11.5. The number of hydrogen-bond donors (Lipinski definition) is 1. The van der Waals surface area contributed by atoms with Crippen LogP contribution in [0.4, 0.5) is 0 Å². The second-order valence-corrected chi connectivity index (χ2v) is 5.73. The minimum Gasteiger partial charge on any atom is -0.477 e. The van der Waals surface area contributed by atoms with Gasteiger partial charge in [-0.05, 0) is 18.6 Å². The summed E-state index contributed by atoms with van der Waals surface area (Å²) >= 11 is 1.22. The summed E-state index contributed by atoms with van der Waals surface area (Å²) in [5.74, 6) is -0.907. The molecule has 4 nitrogen and oxygen atoms in total. The van der Waals surface area contributed by atoms with E-state index < -0.39 is 5.97 Å². The summed E-state index contributed by atoms with van der Waals surface area (Å²) in [6.07, 6.45) is 3.29. The van der Waals surface area contributed by atoms with Gasteiger partial charge >= 0.3 is 5.97 Å². The van der Waals surface area contributed by atoms with E-state index in [9.17, 15) is 9.90 Å².